The quantitative estimate of drug-likeness (QED) is 0.449. The van der Waals surface area contributed by atoms with Gasteiger partial charge in [0.2, 0.25) is 5.91 Å². The fourth-order valence-corrected chi connectivity index (χ4v) is 2.66. The summed E-state index contributed by atoms with van der Waals surface area (Å²) in [5, 5.41) is 6.00. The van der Waals surface area contributed by atoms with Gasteiger partial charge in [0, 0.05) is 17.4 Å². The van der Waals surface area contributed by atoms with Crippen molar-refractivity contribution < 1.29 is 14.3 Å². The van der Waals surface area contributed by atoms with Gasteiger partial charge in [0.25, 0.3) is 0 Å². The zero-order valence-electron chi connectivity index (χ0n) is 17.0. The van der Waals surface area contributed by atoms with Crippen LogP contribution in [0.2, 0.25) is 0 Å². The highest BCUT2D eigenvalue weighted by Gasteiger charge is 2.04. The number of anilines is 2. The Morgan fingerprint density at radius 1 is 0.821 bits per heavy atom. The number of carbonyl (C=O) groups excluding carboxylic acids is 1. The molecule has 5 nitrogen and oxygen atoms in total. The van der Waals surface area contributed by atoms with Crippen molar-refractivity contribution in [2.24, 2.45) is 0 Å². The van der Waals surface area contributed by atoms with E-state index in [0.717, 1.165) is 42.3 Å². The van der Waals surface area contributed by atoms with Crippen LogP contribution in [0.15, 0.2) is 48.5 Å². The zero-order valence-corrected chi connectivity index (χ0v) is 17.0. The van der Waals surface area contributed by atoms with Gasteiger partial charge in [-0.3, -0.25) is 4.79 Å². The second-order valence-corrected chi connectivity index (χ2v) is 6.71. The van der Waals surface area contributed by atoms with Gasteiger partial charge in [0.1, 0.15) is 11.5 Å². The lowest BCUT2D eigenvalue weighted by atomic mass is 10.2. The standard InChI is InChI=1S/C23H32N2O3/c1-3-5-6-7-16-28-21-13-11-19(12-14-21)24-18-23(26)25-20-9-8-10-22(17-20)27-15-4-2/h8-14,17,24H,3-7,15-16,18H2,1-2H3,(H,25,26). The van der Waals surface area contributed by atoms with Gasteiger partial charge in [-0.05, 0) is 49.2 Å². The Bertz CT molecular complexity index is 701. The highest BCUT2D eigenvalue weighted by molar-refractivity contribution is 5.93. The molecule has 2 aromatic carbocycles. The summed E-state index contributed by atoms with van der Waals surface area (Å²) in [6.07, 6.45) is 5.72. The number of ether oxygens (including phenoxy) is 2. The first kappa shape index (κ1) is 21.6. The number of unbranched alkanes of at least 4 members (excludes halogenated alkanes) is 3. The lowest BCUT2D eigenvalue weighted by Gasteiger charge is -2.10. The first-order valence-corrected chi connectivity index (χ1v) is 10.2. The number of carbonyl (C=O) groups is 1. The van der Waals surface area contributed by atoms with Crippen LogP contribution in [-0.4, -0.2) is 25.7 Å². The number of amides is 1. The molecule has 2 N–H and O–H groups in total. The van der Waals surface area contributed by atoms with E-state index in [0.29, 0.717) is 6.61 Å². The Labute approximate surface area is 168 Å². The van der Waals surface area contributed by atoms with E-state index in [1.165, 1.54) is 19.3 Å². The van der Waals surface area contributed by atoms with Crippen molar-refractivity contribution in [1.82, 2.24) is 0 Å². The minimum atomic E-state index is -0.108. The predicted octanol–water partition coefficient (Wildman–Crippen LogP) is 5.49. The van der Waals surface area contributed by atoms with Crippen LogP contribution in [0.5, 0.6) is 11.5 Å². The number of rotatable bonds is 13. The first-order valence-electron chi connectivity index (χ1n) is 10.2. The van der Waals surface area contributed by atoms with Crippen molar-refractivity contribution in [3.8, 4) is 11.5 Å². The summed E-state index contributed by atoms with van der Waals surface area (Å²) in [7, 11) is 0. The van der Waals surface area contributed by atoms with Gasteiger partial charge in [0.15, 0.2) is 0 Å². The van der Waals surface area contributed by atoms with E-state index in [-0.39, 0.29) is 12.5 Å². The molecule has 2 rings (SSSR count). The molecule has 0 aliphatic rings. The van der Waals surface area contributed by atoms with Gasteiger partial charge in [-0.15, -0.1) is 0 Å². The lowest BCUT2D eigenvalue weighted by molar-refractivity contribution is -0.114. The van der Waals surface area contributed by atoms with Gasteiger partial charge >= 0.3 is 0 Å². The largest absolute Gasteiger partial charge is 0.494 e. The molecule has 0 spiro atoms. The van der Waals surface area contributed by atoms with E-state index in [1.54, 1.807) is 0 Å². The summed E-state index contributed by atoms with van der Waals surface area (Å²) in [4.78, 5) is 12.2. The third-order valence-electron chi connectivity index (χ3n) is 4.16. The third-order valence-corrected chi connectivity index (χ3v) is 4.16. The van der Waals surface area contributed by atoms with E-state index >= 15 is 0 Å². The lowest BCUT2D eigenvalue weighted by Crippen LogP contribution is -2.21. The number of hydrogen-bond acceptors (Lipinski definition) is 4. The maximum Gasteiger partial charge on any atom is 0.243 e. The van der Waals surface area contributed by atoms with Crippen LogP contribution in [0, 0.1) is 0 Å². The molecule has 0 fully saturated rings. The molecule has 0 saturated carbocycles. The first-order chi connectivity index (χ1) is 13.7. The van der Waals surface area contributed by atoms with E-state index in [2.05, 4.69) is 24.5 Å². The van der Waals surface area contributed by atoms with Crippen LogP contribution < -0.4 is 20.1 Å². The molecule has 28 heavy (non-hydrogen) atoms. The molecule has 0 heterocycles. The minimum absolute atomic E-state index is 0.108. The molecule has 0 radical (unpaired) electrons. The average molecular weight is 385 g/mol. The number of benzene rings is 2. The van der Waals surface area contributed by atoms with Crippen LogP contribution in [0.1, 0.15) is 46.0 Å². The van der Waals surface area contributed by atoms with Crippen LogP contribution in [-0.2, 0) is 4.79 Å². The van der Waals surface area contributed by atoms with Crippen molar-refractivity contribution in [3.05, 3.63) is 48.5 Å². The fraction of sp³-hybridized carbons (Fsp3) is 0.435. The molecule has 0 aliphatic heterocycles. The van der Waals surface area contributed by atoms with Gasteiger partial charge in [0.05, 0.1) is 19.8 Å². The monoisotopic (exact) mass is 384 g/mol. The Morgan fingerprint density at radius 2 is 1.61 bits per heavy atom. The molecule has 0 aromatic heterocycles. The van der Waals surface area contributed by atoms with E-state index in [1.807, 2.05) is 48.5 Å². The molecule has 152 valence electrons. The fourth-order valence-electron chi connectivity index (χ4n) is 2.66. The summed E-state index contributed by atoms with van der Waals surface area (Å²) in [5.41, 5.74) is 1.61. The molecule has 0 bridgehead atoms. The molecular formula is C23H32N2O3. The summed E-state index contributed by atoms with van der Waals surface area (Å²) >= 11 is 0. The van der Waals surface area contributed by atoms with E-state index < -0.39 is 0 Å². The van der Waals surface area contributed by atoms with Crippen LogP contribution in [0.25, 0.3) is 0 Å². The summed E-state index contributed by atoms with van der Waals surface area (Å²) in [6.45, 7) is 5.86. The van der Waals surface area contributed by atoms with Gasteiger partial charge in [-0.1, -0.05) is 39.2 Å². The van der Waals surface area contributed by atoms with E-state index in [4.69, 9.17) is 9.47 Å². The maximum atomic E-state index is 12.2. The molecular weight excluding hydrogens is 352 g/mol. The minimum Gasteiger partial charge on any atom is -0.494 e. The van der Waals surface area contributed by atoms with E-state index in [9.17, 15) is 4.79 Å². The van der Waals surface area contributed by atoms with Gasteiger partial charge in [-0.25, -0.2) is 0 Å². The summed E-state index contributed by atoms with van der Waals surface area (Å²) < 4.78 is 11.3. The maximum absolute atomic E-state index is 12.2. The Kier molecular flexibility index (Phi) is 9.76. The molecule has 0 saturated heterocycles. The van der Waals surface area contributed by atoms with Gasteiger partial charge < -0.3 is 20.1 Å². The van der Waals surface area contributed by atoms with Crippen molar-refractivity contribution in [2.45, 2.75) is 46.0 Å². The second-order valence-electron chi connectivity index (χ2n) is 6.71. The zero-order chi connectivity index (χ0) is 20.0. The van der Waals surface area contributed by atoms with Crippen LogP contribution >= 0.6 is 0 Å². The third kappa shape index (κ3) is 8.33. The highest BCUT2D eigenvalue weighted by Crippen LogP contribution is 2.18. The Morgan fingerprint density at radius 3 is 2.36 bits per heavy atom. The molecule has 1 amide bonds. The number of hydrogen-bond donors (Lipinski definition) is 2. The SMILES string of the molecule is CCCCCCOc1ccc(NCC(=O)Nc2cccc(OCCC)c2)cc1. The van der Waals surface area contributed by atoms with Gasteiger partial charge in [-0.2, -0.15) is 0 Å². The topological polar surface area (TPSA) is 59.6 Å². The average Bonchev–Trinajstić information content (AvgIpc) is 2.72. The molecule has 0 atom stereocenters. The molecule has 5 heteroatoms. The molecule has 0 aliphatic carbocycles. The Hall–Kier alpha value is -2.69. The summed E-state index contributed by atoms with van der Waals surface area (Å²) in [6, 6.07) is 15.1. The highest BCUT2D eigenvalue weighted by atomic mass is 16.5. The van der Waals surface area contributed by atoms with Crippen molar-refractivity contribution in [1.29, 1.82) is 0 Å². The summed E-state index contributed by atoms with van der Waals surface area (Å²) in [5.74, 6) is 1.51. The van der Waals surface area contributed by atoms with Crippen molar-refractivity contribution >= 4 is 17.3 Å². The normalized spacial score (nSPS) is 10.4. The smallest absolute Gasteiger partial charge is 0.243 e. The molecule has 0 unspecified atom stereocenters. The molecule has 2 aromatic rings. The van der Waals surface area contributed by atoms with Crippen molar-refractivity contribution in [3.63, 3.8) is 0 Å². The van der Waals surface area contributed by atoms with Crippen LogP contribution in [0.4, 0.5) is 11.4 Å². The second kappa shape index (κ2) is 12.7. The number of nitrogens with one attached hydrogen (secondary N) is 2. The van der Waals surface area contributed by atoms with Crippen molar-refractivity contribution in [2.75, 3.05) is 30.4 Å². The van der Waals surface area contributed by atoms with Crippen LogP contribution in [0.3, 0.4) is 0 Å². The predicted molar refractivity (Wildman–Crippen MR) is 115 cm³/mol. The Balaban J connectivity index is 1.72.